The summed E-state index contributed by atoms with van der Waals surface area (Å²) in [6.45, 7) is 2.00. The van der Waals surface area contributed by atoms with Crippen LogP contribution in [0.15, 0.2) is 24.3 Å². The molecule has 2 N–H and O–H groups in total. The first kappa shape index (κ1) is 10.9. The minimum absolute atomic E-state index is 0.120. The highest BCUT2D eigenvalue weighted by atomic mass is 35.5. The van der Waals surface area contributed by atoms with E-state index >= 15 is 0 Å². The van der Waals surface area contributed by atoms with E-state index in [0.717, 1.165) is 10.6 Å². The Morgan fingerprint density at radius 2 is 2.00 bits per heavy atom. The Bertz CT molecular complexity index is 275. The van der Waals surface area contributed by atoms with Crippen LogP contribution in [0.25, 0.3) is 0 Å². The van der Waals surface area contributed by atoms with E-state index in [1.54, 1.807) is 11.8 Å². The van der Waals surface area contributed by atoms with Crippen LogP contribution in [0.1, 0.15) is 17.7 Å². The third-order valence-corrected chi connectivity index (χ3v) is 3.48. The highest BCUT2D eigenvalue weighted by Crippen LogP contribution is 2.33. The van der Waals surface area contributed by atoms with Gasteiger partial charge in [0.25, 0.3) is 0 Å². The fraction of sp³-hybridized carbons (Fsp3) is 0.400. The van der Waals surface area contributed by atoms with Gasteiger partial charge in [0.05, 0.1) is 0 Å². The number of halogens is 1. The lowest BCUT2D eigenvalue weighted by Crippen LogP contribution is -2.22. The Balaban J connectivity index is 2.97. The Morgan fingerprint density at radius 1 is 1.38 bits per heavy atom. The van der Waals surface area contributed by atoms with Gasteiger partial charge in [-0.15, -0.1) is 0 Å². The minimum Gasteiger partial charge on any atom is -0.327 e. The third kappa shape index (κ3) is 2.63. The van der Waals surface area contributed by atoms with Crippen LogP contribution in [-0.4, -0.2) is 12.3 Å². The van der Waals surface area contributed by atoms with Crippen molar-refractivity contribution < 1.29 is 0 Å². The van der Waals surface area contributed by atoms with E-state index in [-0.39, 0.29) is 11.3 Å². The standard InChI is InChI=1S/C10H14ClNS/c1-7(12)10(13-2)8-5-3-4-6-9(8)11/h3-7,10H,12H2,1-2H3. The predicted molar refractivity (Wildman–Crippen MR) is 61.4 cm³/mol. The maximum absolute atomic E-state index is 6.07. The van der Waals surface area contributed by atoms with E-state index in [4.69, 9.17) is 17.3 Å². The molecule has 1 nitrogen and oxygen atoms in total. The first-order chi connectivity index (χ1) is 6.16. The predicted octanol–water partition coefficient (Wildman–Crippen LogP) is 3.09. The van der Waals surface area contributed by atoms with Crippen molar-refractivity contribution in [3.05, 3.63) is 34.9 Å². The second kappa shape index (κ2) is 4.89. The lowest BCUT2D eigenvalue weighted by Gasteiger charge is -2.19. The van der Waals surface area contributed by atoms with Gasteiger partial charge < -0.3 is 5.73 Å². The van der Waals surface area contributed by atoms with Crippen molar-refractivity contribution in [1.29, 1.82) is 0 Å². The van der Waals surface area contributed by atoms with Crippen LogP contribution in [0.4, 0.5) is 0 Å². The number of benzene rings is 1. The molecule has 2 unspecified atom stereocenters. The van der Waals surface area contributed by atoms with Crippen LogP contribution >= 0.6 is 23.4 Å². The van der Waals surface area contributed by atoms with Gasteiger partial charge in [0.1, 0.15) is 0 Å². The summed E-state index contributed by atoms with van der Waals surface area (Å²) in [6, 6.07) is 7.99. The summed E-state index contributed by atoms with van der Waals surface area (Å²) in [5, 5.41) is 1.09. The Kier molecular flexibility index (Phi) is 4.10. The fourth-order valence-electron chi connectivity index (χ4n) is 1.33. The zero-order valence-electron chi connectivity index (χ0n) is 7.83. The van der Waals surface area contributed by atoms with E-state index in [1.807, 2.05) is 31.2 Å². The molecule has 0 radical (unpaired) electrons. The number of hydrogen-bond acceptors (Lipinski definition) is 2. The van der Waals surface area contributed by atoms with Crippen molar-refractivity contribution in [3.8, 4) is 0 Å². The summed E-state index contributed by atoms with van der Waals surface area (Å²) in [6.07, 6.45) is 2.05. The second-order valence-corrected chi connectivity index (χ2v) is 4.42. The molecule has 1 rings (SSSR count). The molecule has 1 aromatic rings. The molecule has 0 amide bonds. The average Bonchev–Trinajstić information content (AvgIpc) is 2.09. The van der Waals surface area contributed by atoms with E-state index in [1.165, 1.54) is 0 Å². The molecule has 0 aliphatic rings. The maximum atomic E-state index is 6.07. The second-order valence-electron chi connectivity index (χ2n) is 3.04. The monoisotopic (exact) mass is 215 g/mol. The van der Waals surface area contributed by atoms with E-state index in [0.29, 0.717) is 0 Å². The number of thioether (sulfide) groups is 1. The van der Waals surface area contributed by atoms with Crippen molar-refractivity contribution in [3.63, 3.8) is 0 Å². The number of nitrogens with two attached hydrogens (primary N) is 1. The summed E-state index contributed by atoms with van der Waals surface area (Å²) in [5.74, 6) is 0. The molecule has 0 saturated carbocycles. The molecule has 0 aromatic heterocycles. The smallest absolute Gasteiger partial charge is 0.0457 e. The summed E-state index contributed by atoms with van der Waals surface area (Å²) in [5.41, 5.74) is 7.00. The topological polar surface area (TPSA) is 26.0 Å². The van der Waals surface area contributed by atoms with Gasteiger partial charge in [-0.1, -0.05) is 29.8 Å². The van der Waals surface area contributed by atoms with Gasteiger partial charge in [-0.2, -0.15) is 11.8 Å². The number of rotatable bonds is 3. The summed E-state index contributed by atoms with van der Waals surface area (Å²) >= 11 is 7.81. The molecule has 13 heavy (non-hydrogen) atoms. The zero-order chi connectivity index (χ0) is 9.84. The van der Waals surface area contributed by atoms with Crippen molar-refractivity contribution in [2.45, 2.75) is 18.2 Å². The van der Waals surface area contributed by atoms with Crippen molar-refractivity contribution in [2.24, 2.45) is 5.73 Å². The largest absolute Gasteiger partial charge is 0.327 e. The van der Waals surface area contributed by atoms with Crippen LogP contribution in [0.5, 0.6) is 0 Å². The van der Waals surface area contributed by atoms with E-state index < -0.39 is 0 Å². The van der Waals surface area contributed by atoms with Crippen LogP contribution < -0.4 is 5.73 Å². The molecule has 0 fully saturated rings. The maximum Gasteiger partial charge on any atom is 0.0457 e. The van der Waals surface area contributed by atoms with Gasteiger partial charge in [0, 0.05) is 16.3 Å². The molecule has 0 saturated heterocycles. The highest BCUT2D eigenvalue weighted by Gasteiger charge is 2.16. The van der Waals surface area contributed by atoms with Crippen molar-refractivity contribution in [1.82, 2.24) is 0 Å². The van der Waals surface area contributed by atoms with Crippen LogP contribution in [0.2, 0.25) is 5.02 Å². The first-order valence-electron chi connectivity index (χ1n) is 4.19. The van der Waals surface area contributed by atoms with Gasteiger partial charge in [-0.3, -0.25) is 0 Å². The molecular weight excluding hydrogens is 202 g/mol. The lowest BCUT2D eigenvalue weighted by atomic mass is 10.1. The van der Waals surface area contributed by atoms with Gasteiger partial charge in [-0.05, 0) is 24.8 Å². The molecular formula is C10H14ClNS. The third-order valence-electron chi connectivity index (χ3n) is 1.94. The fourth-order valence-corrected chi connectivity index (χ4v) is 2.54. The van der Waals surface area contributed by atoms with Crippen LogP contribution in [-0.2, 0) is 0 Å². The van der Waals surface area contributed by atoms with Crippen LogP contribution in [0.3, 0.4) is 0 Å². The average molecular weight is 216 g/mol. The van der Waals surface area contributed by atoms with Crippen molar-refractivity contribution in [2.75, 3.05) is 6.26 Å². The zero-order valence-corrected chi connectivity index (χ0v) is 9.40. The molecule has 2 atom stereocenters. The minimum atomic E-state index is 0.120. The Hall–Kier alpha value is -0.180. The van der Waals surface area contributed by atoms with Gasteiger partial charge in [0.15, 0.2) is 0 Å². The molecule has 0 heterocycles. The van der Waals surface area contributed by atoms with E-state index in [2.05, 4.69) is 6.26 Å². The summed E-state index contributed by atoms with van der Waals surface area (Å²) in [7, 11) is 0. The SMILES string of the molecule is CSC(c1ccccc1Cl)C(C)N. The summed E-state index contributed by atoms with van der Waals surface area (Å²) < 4.78 is 0. The highest BCUT2D eigenvalue weighted by molar-refractivity contribution is 7.98. The van der Waals surface area contributed by atoms with Gasteiger partial charge in [-0.25, -0.2) is 0 Å². The number of hydrogen-bond donors (Lipinski definition) is 1. The summed E-state index contributed by atoms with van der Waals surface area (Å²) in [4.78, 5) is 0. The van der Waals surface area contributed by atoms with Crippen molar-refractivity contribution >= 4 is 23.4 Å². The molecule has 0 spiro atoms. The lowest BCUT2D eigenvalue weighted by molar-refractivity contribution is 0.723. The van der Waals surface area contributed by atoms with Crippen LogP contribution in [0, 0.1) is 0 Å². The van der Waals surface area contributed by atoms with Gasteiger partial charge >= 0.3 is 0 Å². The molecule has 0 aliphatic heterocycles. The first-order valence-corrected chi connectivity index (χ1v) is 5.86. The Morgan fingerprint density at radius 3 is 2.46 bits per heavy atom. The quantitative estimate of drug-likeness (QED) is 0.839. The molecule has 1 aromatic carbocycles. The molecule has 0 bridgehead atoms. The molecule has 3 heteroatoms. The molecule has 0 aliphatic carbocycles. The van der Waals surface area contributed by atoms with Gasteiger partial charge in [0.2, 0.25) is 0 Å². The normalized spacial score (nSPS) is 15.4. The molecule has 72 valence electrons. The Labute approximate surface area is 88.7 Å². The van der Waals surface area contributed by atoms with E-state index in [9.17, 15) is 0 Å².